The van der Waals surface area contributed by atoms with Gasteiger partial charge in [0.05, 0.1) is 0 Å². The second-order valence-corrected chi connectivity index (χ2v) is 6.78. The van der Waals surface area contributed by atoms with Gasteiger partial charge in [0.1, 0.15) is 13.0 Å². The van der Waals surface area contributed by atoms with Crippen molar-refractivity contribution in [3.63, 3.8) is 0 Å². The lowest BCUT2D eigenvalue weighted by Gasteiger charge is -2.02. The Bertz CT molecular complexity index is 1080. The second-order valence-electron chi connectivity index (χ2n) is 5.87. The molecule has 0 saturated carbocycles. The quantitative estimate of drug-likeness (QED) is 0.527. The topological polar surface area (TPSA) is 69.4 Å². The molecule has 0 amide bonds. The molecule has 0 fully saturated rings. The van der Waals surface area contributed by atoms with Crippen molar-refractivity contribution in [2.75, 3.05) is 0 Å². The maximum absolute atomic E-state index is 12.1. The van der Waals surface area contributed by atoms with Crippen molar-refractivity contribution in [2.45, 2.75) is 26.9 Å². The number of carbonyl (C=O) groups is 1. The average molecular weight is 352 g/mol. The Morgan fingerprint density at radius 3 is 2.96 bits per heavy atom. The van der Waals surface area contributed by atoms with Gasteiger partial charge in [-0.15, -0.1) is 16.4 Å². The zero-order chi connectivity index (χ0) is 17.4. The number of ether oxygens (including phenoxy) is 1. The summed E-state index contributed by atoms with van der Waals surface area (Å²) in [5, 5.41) is 7.48. The minimum Gasteiger partial charge on any atom is -0.460 e. The summed E-state index contributed by atoms with van der Waals surface area (Å²) in [6.45, 7) is 4.09. The third kappa shape index (κ3) is 3.10. The zero-order valence-corrected chi connectivity index (χ0v) is 14.7. The Kier molecular flexibility index (Phi) is 3.93. The van der Waals surface area contributed by atoms with E-state index < -0.39 is 0 Å². The fraction of sp³-hybridized carbons (Fsp3) is 0.222. The molecule has 0 bridgehead atoms. The molecule has 3 heterocycles. The highest BCUT2D eigenvalue weighted by molar-refractivity contribution is 7.17. The molecule has 0 aliphatic carbocycles. The van der Waals surface area contributed by atoms with Crippen molar-refractivity contribution in [2.24, 2.45) is 0 Å². The van der Waals surface area contributed by atoms with Gasteiger partial charge in [-0.1, -0.05) is 18.2 Å². The number of thiophene rings is 1. The van der Waals surface area contributed by atoms with E-state index in [2.05, 4.69) is 21.1 Å². The molecule has 126 valence electrons. The third-order valence-corrected chi connectivity index (χ3v) is 4.93. The number of nitrogens with zero attached hydrogens (tertiary/aromatic N) is 4. The van der Waals surface area contributed by atoms with Gasteiger partial charge in [-0.25, -0.2) is 9.50 Å². The molecular formula is C18H16N4O2S. The highest BCUT2D eigenvalue weighted by atomic mass is 32.1. The van der Waals surface area contributed by atoms with Gasteiger partial charge in [0.25, 0.3) is 5.78 Å². The highest BCUT2D eigenvalue weighted by Gasteiger charge is 2.13. The van der Waals surface area contributed by atoms with Gasteiger partial charge < -0.3 is 4.74 Å². The van der Waals surface area contributed by atoms with Crippen LogP contribution in [0.3, 0.4) is 0 Å². The summed E-state index contributed by atoms with van der Waals surface area (Å²) in [5.74, 6) is 0.575. The lowest BCUT2D eigenvalue weighted by atomic mass is 10.2. The van der Waals surface area contributed by atoms with Gasteiger partial charge in [0.15, 0.2) is 5.82 Å². The fourth-order valence-corrected chi connectivity index (χ4v) is 3.71. The van der Waals surface area contributed by atoms with Crippen LogP contribution >= 0.6 is 11.3 Å². The lowest BCUT2D eigenvalue weighted by molar-refractivity contribution is -0.144. The van der Waals surface area contributed by atoms with Crippen LogP contribution in [0.5, 0.6) is 0 Å². The number of aryl methyl sites for hydroxylation is 2. The normalized spacial score (nSPS) is 11.3. The van der Waals surface area contributed by atoms with Crippen LogP contribution in [0.2, 0.25) is 0 Å². The third-order valence-electron chi connectivity index (χ3n) is 3.91. The molecule has 1 aromatic carbocycles. The Balaban J connectivity index is 1.46. The monoisotopic (exact) mass is 352 g/mol. The molecule has 0 aliphatic heterocycles. The van der Waals surface area contributed by atoms with Crippen LogP contribution in [-0.4, -0.2) is 25.6 Å². The summed E-state index contributed by atoms with van der Waals surface area (Å²) >= 11 is 1.65. The van der Waals surface area contributed by atoms with Gasteiger partial charge in [-0.2, -0.15) is 4.98 Å². The second kappa shape index (κ2) is 6.25. The average Bonchev–Trinajstić information content (AvgIpc) is 3.16. The minimum atomic E-state index is -0.347. The highest BCUT2D eigenvalue weighted by Crippen LogP contribution is 2.26. The molecule has 6 nitrogen and oxygen atoms in total. The Hall–Kier alpha value is -2.80. The van der Waals surface area contributed by atoms with Crippen LogP contribution in [0.1, 0.15) is 22.8 Å². The SMILES string of the molecule is Cc1cc(C)n2nc(CC(=O)OCc3csc4ccccc34)nc2n1. The smallest absolute Gasteiger partial charge is 0.313 e. The number of hydrogen-bond acceptors (Lipinski definition) is 6. The largest absolute Gasteiger partial charge is 0.460 e. The van der Waals surface area contributed by atoms with Gasteiger partial charge in [0.2, 0.25) is 0 Å². The van der Waals surface area contributed by atoms with E-state index in [1.54, 1.807) is 15.9 Å². The molecule has 3 aromatic heterocycles. The van der Waals surface area contributed by atoms with E-state index in [0.29, 0.717) is 11.6 Å². The molecule has 0 saturated heterocycles. The van der Waals surface area contributed by atoms with Gasteiger partial charge in [0, 0.05) is 21.7 Å². The van der Waals surface area contributed by atoms with E-state index in [1.165, 1.54) is 4.70 Å². The summed E-state index contributed by atoms with van der Waals surface area (Å²) in [4.78, 5) is 20.8. The molecule has 4 aromatic rings. The number of benzene rings is 1. The summed E-state index contributed by atoms with van der Waals surface area (Å²) in [5.41, 5.74) is 2.82. The van der Waals surface area contributed by atoms with Crippen molar-refractivity contribution in [3.8, 4) is 0 Å². The van der Waals surface area contributed by atoms with E-state index in [1.807, 2.05) is 43.5 Å². The molecule has 0 atom stereocenters. The molecule has 4 rings (SSSR count). The van der Waals surface area contributed by atoms with Crippen molar-refractivity contribution < 1.29 is 9.53 Å². The molecule has 0 radical (unpaired) electrons. The zero-order valence-electron chi connectivity index (χ0n) is 13.9. The standard InChI is InChI=1S/C18H16N4O2S/c1-11-7-12(2)22-18(19-11)20-16(21-22)8-17(23)24-9-13-10-25-15-6-4-3-5-14(13)15/h3-7,10H,8-9H2,1-2H3. The molecule has 0 spiro atoms. The number of carbonyl (C=O) groups excluding carboxylic acids is 1. The van der Waals surface area contributed by atoms with Crippen molar-refractivity contribution in [3.05, 3.63) is 58.5 Å². The Morgan fingerprint density at radius 2 is 2.08 bits per heavy atom. The summed E-state index contributed by atoms with van der Waals surface area (Å²) in [6, 6.07) is 10.0. The Labute approximate surface area is 148 Å². The molecule has 0 aliphatic rings. The first-order chi connectivity index (χ1) is 12.1. The van der Waals surface area contributed by atoms with Crippen molar-refractivity contribution in [1.82, 2.24) is 19.6 Å². The van der Waals surface area contributed by atoms with Crippen LogP contribution in [-0.2, 0) is 22.6 Å². The maximum atomic E-state index is 12.1. The maximum Gasteiger partial charge on any atom is 0.313 e. The number of aromatic nitrogens is 4. The number of hydrogen-bond donors (Lipinski definition) is 0. The first-order valence-electron chi connectivity index (χ1n) is 7.91. The number of rotatable bonds is 4. The summed E-state index contributed by atoms with van der Waals surface area (Å²) in [6.07, 6.45) is 0.0317. The lowest BCUT2D eigenvalue weighted by Crippen LogP contribution is -2.09. The predicted octanol–water partition coefficient (Wildman–Crippen LogP) is 3.24. The summed E-state index contributed by atoms with van der Waals surface area (Å²) < 4.78 is 8.23. The first-order valence-corrected chi connectivity index (χ1v) is 8.79. The van der Waals surface area contributed by atoms with E-state index in [-0.39, 0.29) is 19.0 Å². The van der Waals surface area contributed by atoms with E-state index in [4.69, 9.17) is 4.74 Å². The van der Waals surface area contributed by atoms with E-state index >= 15 is 0 Å². The van der Waals surface area contributed by atoms with E-state index in [9.17, 15) is 4.79 Å². The molecule has 0 unspecified atom stereocenters. The molecule has 7 heteroatoms. The summed E-state index contributed by atoms with van der Waals surface area (Å²) in [7, 11) is 0. The van der Waals surface area contributed by atoms with Gasteiger partial charge in [-0.3, -0.25) is 4.79 Å². The number of fused-ring (bicyclic) bond motifs is 2. The molecule has 0 N–H and O–H groups in total. The molecule has 25 heavy (non-hydrogen) atoms. The Morgan fingerprint density at radius 1 is 1.24 bits per heavy atom. The first kappa shape index (κ1) is 15.7. The molecular weight excluding hydrogens is 336 g/mol. The van der Waals surface area contributed by atoms with Crippen LogP contribution in [0.15, 0.2) is 35.7 Å². The van der Waals surface area contributed by atoms with Crippen LogP contribution in [0.4, 0.5) is 0 Å². The van der Waals surface area contributed by atoms with Gasteiger partial charge in [-0.05, 0) is 36.7 Å². The van der Waals surface area contributed by atoms with Crippen LogP contribution in [0, 0.1) is 13.8 Å². The number of esters is 1. The van der Waals surface area contributed by atoms with Gasteiger partial charge >= 0.3 is 5.97 Å². The predicted molar refractivity (Wildman–Crippen MR) is 95.6 cm³/mol. The fourth-order valence-electron chi connectivity index (χ4n) is 2.77. The van der Waals surface area contributed by atoms with E-state index in [0.717, 1.165) is 22.3 Å². The van der Waals surface area contributed by atoms with Crippen molar-refractivity contribution in [1.29, 1.82) is 0 Å². The minimum absolute atomic E-state index is 0.0317. The van der Waals surface area contributed by atoms with Crippen molar-refractivity contribution >= 4 is 33.2 Å². The van der Waals surface area contributed by atoms with Crippen LogP contribution < -0.4 is 0 Å². The van der Waals surface area contributed by atoms with Crippen LogP contribution in [0.25, 0.3) is 15.9 Å².